The summed E-state index contributed by atoms with van der Waals surface area (Å²) in [7, 11) is -4.00. The highest BCUT2D eigenvalue weighted by atomic mass is 35.5. The second-order valence-electron chi connectivity index (χ2n) is 9.17. The van der Waals surface area contributed by atoms with E-state index in [4.69, 9.17) is 16.0 Å². The van der Waals surface area contributed by atoms with Gasteiger partial charge in [-0.2, -0.15) is 13.2 Å². The van der Waals surface area contributed by atoms with Crippen molar-refractivity contribution in [3.63, 3.8) is 0 Å². The number of pyridine rings is 1. The van der Waals surface area contributed by atoms with Crippen LogP contribution in [0.2, 0.25) is 5.02 Å². The number of alkyl halides is 3. The van der Waals surface area contributed by atoms with Gasteiger partial charge in [0.25, 0.3) is 5.56 Å². The van der Waals surface area contributed by atoms with Gasteiger partial charge in [-0.05, 0) is 53.9 Å². The fourth-order valence-corrected chi connectivity index (χ4v) is 5.63. The number of furan rings is 1. The maximum atomic E-state index is 14.6. The van der Waals surface area contributed by atoms with Crippen molar-refractivity contribution >= 4 is 32.2 Å². The van der Waals surface area contributed by atoms with Crippen molar-refractivity contribution < 1.29 is 34.8 Å². The molecule has 41 heavy (non-hydrogen) atoms. The standard InChI is InChI=1S/C29H19ClF5NO4S/c1-2-41(38,39)21-11-18(10-19(13-21)29(33,34)35)25-8-9-26(40-25)24-12-16-4-3-5-22(30)27(16)28(37)36(24)15-17-6-7-20(31)14-23(17)32/h3-14H,2,15H2,1H3. The van der Waals surface area contributed by atoms with E-state index in [0.29, 0.717) is 17.5 Å². The molecule has 0 aliphatic heterocycles. The zero-order valence-electron chi connectivity index (χ0n) is 21.1. The number of benzene rings is 3. The zero-order chi connectivity index (χ0) is 29.7. The normalized spacial score (nSPS) is 12.3. The van der Waals surface area contributed by atoms with Gasteiger partial charge < -0.3 is 8.98 Å². The van der Waals surface area contributed by atoms with E-state index in [9.17, 15) is 35.2 Å². The van der Waals surface area contributed by atoms with Crippen molar-refractivity contribution in [1.82, 2.24) is 4.57 Å². The summed E-state index contributed by atoms with van der Waals surface area (Å²) in [6.45, 7) is 0.968. The molecule has 2 aromatic heterocycles. The Bertz CT molecular complexity index is 1980. The molecule has 0 spiro atoms. The van der Waals surface area contributed by atoms with Crippen LogP contribution in [0.3, 0.4) is 0 Å². The highest BCUT2D eigenvalue weighted by Crippen LogP contribution is 2.37. The third kappa shape index (κ3) is 5.51. The Kier molecular flexibility index (Phi) is 7.29. The number of halogens is 6. The van der Waals surface area contributed by atoms with Crippen LogP contribution in [0, 0.1) is 11.6 Å². The summed E-state index contributed by atoms with van der Waals surface area (Å²) >= 11 is 6.29. The van der Waals surface area contributed by atoms with E-state index >= 15 is 0 Å². The molecule has 0 radical (unpaired) electrons. The lowest BCUT2D eigenvalue weighted by Crippen LogP contribution is -2.23. The van der Waals surface area contributed by atoms with Gasteiger partial charge >= 0.3 is 6.18 Å². The number of hydrogen-bond donors (Lipinski definition) is 0. The van der Waals surface area contributed by atoms with Gasteiger partial charge in [0, 0.05) is 17.2 Å². The van der Waals surface area contributed by atoms with E-state index in [2.05, 4.69) is 0 Å². The van der Waals surface area contributed by atoms with E-state index in [1.807, 2.05) is 0 Å². The molecule has 12 heteroatoms. The van der Waals surface area contributed by atoms with Crippen molar-refractivity contribution in [2.45, 2.75) is 24.5 Å². The summed E-state index contributed by atoms with van der Waals surface area (Å²) in [6, 6.07) is 14.3. The van der Waals surface area contributed by atoms with E-state index in [1.54, 1.807) is 18.2 Å². The van der Waals surface area contributed by atoms with Crippen LogP contribution in [0.5, 0.6) is 0 Å². The topological polar surface area (TPSA) is 69.3 Å². The predicted octanol–water partition coefficient (Wildman–Crippen LogP) is 7.72. The number of nitrogens with zero attached hydrogens (tertiary/aromatic N) is 1. The lowest BCUT2D eigenvalue weighted by atomic mass is 10.1. The van der Waals surface area contributed by atoms with Gasteiger partial charge in [-0.25, -0.2) is 17.2 Å². The van der Waals surface area contributed by atoms with Gasteiger partial charge in [-0.15, -0.1) is 0 Å². The van der Waals surface area contributed by atoms with Crippen molar-refractivity contribution in [2.75, 3.05) is 5.75 Å². The molecule has 0 saturated carbocycles. The molecule has 0 atom stereocenters. The van der Waals surface area contributed by atoms with E-state index in [0.717, 1.165) is 22.8 Å². The Morgan fingerprint density at radius 2 is 1.66 bits per heavy atom. The van der Waals surface area contributed by atoms with Gasteiger partial charge in [0.1, 0.15) is 17.4 Å². The van der Waals surface area contributed by atoms with E-state index in [1.165, 1.54) is 31.2 Å². The Balaban J connectivity index is 1.71. The third-order valence-corrected chi connectivity index (χ3v) is 8.58. The third-order valence-electron chi connectivity index (χ3n) is 6.55. The Morgan fingerprint density at radius 3 is 2.34 bits per heavy atom. The van der Waals surface area contributed by atoms with Crippen LogP contribution in [0.1, 0.15) is 18.1 Å². The van der Waals surface area contributed by atoms with Crippen LogP contribution in [-0.2, 0) is 22.6 Å². The maximum Gasteiger partial charge on any atom is 0.416 e. The van der Waals surface area contributed by atoms with Crippen LogP contribution in [0.15, 0.2) is 86.9 Å². The lowest BCUT2D eigenvalue weighted by Gasteiger charge is -2.15. The molecule has 212 valence electrons. The van der Waals surface area contributed by atoms with Crippen LogP contribution in [0.25, 0.3) is 33.6 Å². The van der Waals surface area contributed by atoms with Gasteiger partial charge in [0.15, 0.2) is 15.6 Å². The minimum absolute atomic E-state index is 0.0137. The average Bonchev–Trinajstić information content (AvgIpc) is 3.41. The van der Waals surface area contributed by atoms with Crippen LogP contribution >= 0.6 is 11.6 Å². The molecule has 0 unspecified atom stereocenters. The zero-order valence-corrected chi connectivity index (χ0v) is 22.7. The molecule has 5 aromatic rings. The molecular weight excluding hydrogens is 589 g/mol. The first kappa shape index (κ1) is 28.6. The molecule has 0 saturated heterocycles. The molecule has 0 N–H and O–H groups in total. The molecule has 0 aliphatic rings. The highest BCUT2D eigenvalue weighted by Gasteiger charge is 2.33. The molecule has 3 aromatic carbocycles. The van der Waals surface area contributed by atoms with Gasteiger partial charge in [-0.1, -0.05) is 36.7 Å². The van der Waals surface area contributed by atoms with Crippen molar-refractivity contribution in [2.24, 2.45) is 0 Å². The number of hydrogen-bond acceptors (Lipinski definition) is 4. The van der Waals surface area contributed by atoms with Gasteiger partial charge in [0.2, 0.25) is 0 Å². The van der Waals surface area contributed by atoms with Crippen LogP contribution in [0.4, 0.5) is 22.0 Å². The molecule has 0 amide bonds. The van der Waals surface area contributed by atoms with Crippen LogP contribution < -0.4 is 5.56 Å². The van der Waals surface area contributed by atoms with Crippen molar-refractivity contribution in [1.29, 1.82) is 0 Å². The average molecular weight is 608 g/mol. The Labute approximate surface area is 235 Å². The summed E-state index contributed by atoms with van der Waals surface area (Å²) in [5, 5.41) is 0.697. The molecule has 5 nitrogen and oxygen atoms in total. The smallest absolute Gasteiger partial charge is 0.416 e. The maximum absolute atomic E-state index is 14.6. The second kappa shape index (κ2) is 10.5. The first-order valence-corrected chi connectivity index (χ1v) is 14.1. The Morgan fingerprint density at radius 1 is 0.927 bits per heavy atom. The minimum atomic E-state index is -4.83. The van der Waals surface area contributed by atoms with Crippen molar-refractivity contribution in [3.8, 4) is 22.8 Å². The highest BCUT2D eigenvalue weighted by molar-refractivity contribution is 7.91. The summed E-state index contributed by atoms with van der Waals surface area (Å²) in [5.41, 5.74) is -1.82. The first-order chi connectivity index (χ1) is 19.3. The van der Waals surface area contributed by atoms with E-state index < -0.39 is 49.4 Å². The molecule has 2 heterocycles. The fraction of sp³-hybridized carbons (Fsp3) is 0.138. The lowest BCUT2D eigenvalue weighted by molar-refractivity contribution is -0.137. The molecule has 0 aliphatic carbocycles. The van der Waals surface area contributed by atoms with Crippen LogP contribution in [-0.4, -0.2) is 18.7 Å². The molecular formula is C29H19ClF5NO4S. The molecule has 0 bridgehead atoms. The monoisotopic (exact) mass is 607 g/mol. The first-order valence-electron chi connectivity index (χ1n) is 12.1. The van der Waals surface area contributed by atoms with Gasteiger partial charge in [-0.3, -0.25) is 4.79 Å². The number of sulfone groups is 1. The largest absolute Gasteiger partial charge is 0.455 e. The molecule has 0 fully saturated rings. The summed E-state index contributed by atoms with van der Waals surface area (Å²) in [6.07, 6.45) is -4.83. The number of fused-ring (bicyclic) bond motifs is 1. The van der Waals surface area contributed by atoms with E-state index in [-0.39, 0.29) is 45.3 Å². The summed E-state index contributed by atoms with van der Waals surface area (Å²) in [5.74, 6) is -2.18. The SMILES string of the molecule is CCS(=O)(=O)c1cc(-c2ccc(-c3cc4cccc(Cl)c4c(=O)n3Cc3ccc(F)cc3F)o2)cc(C(F)(F)F)c1. The number of aromatic nitrogens is 1. The van der Waals surface area contributed by atoms with Crippen molar-refractivity contribution in [3.05, 3.63) is 111 Å². The Hall–Kier alpha value is -3.96. The summed E-state index contributed by atoms with van der Waals surface area (Å²) in [4.78, 5) is 13.1. The predicted molar refractivity (Wildman–Crippen MR) is 145 cm³/mol. The molecule has 5 rings (SSSR count). The van der Waals surface area contributed by atoms with Gasteiger partial charge in [0.05, 0.1) is 38.9 Å². The second-order valence-corrected chi connectivity index (χ2v) is 11.9. The fourth-order valence-electron chi connectivity index (χ4n) is 4.42. The minimum Gasteiger partial charge on any atom is -0.455 e. The number of rotatable bonds is 6. The quantitative estimate of drug-likeness (QED) is 0.185. The summed E-state index contributed by atoms with van der Waals surface area (Å²) < 4.78 is 101.